The van der Waals surface area contributed by atoms with Crippen LogP contribution in [0, 0.1) is 18.8 Å². The number of amides is 2. The number of aryl methyl sites for hydroxylation is 1. The molecule has 0 bridgehead atoms. The Morgan fingerprint density at radius 2 is 1.91 bits per heavy atom. The molecule has 2 N–H and O–H groups in total. The predicted molar refractivity (Wildman–Crippen MR) is 118 cm³/mol. The number of halogens is 3. The second-order valence-corrected chi connectivity index (χ2v) is 8.86. The lowest BCUT2D eigenvalue weighted by Crippen LogP contribution is -2.61. The molecule has 2 unspecified atom stereocenters. The quantitative estimate of drug-likeness (QED) is 0.275. The summed E-state index contributed by atoms with van der Waals surface area (Å²) in [7, 11) is 0. The molecule has 1 aromatic rings. The molecule has 0 aliphatic carbocycles. The molecule has 1 aliphatic rings. The first-order chi connectivity index (χ1) is 15.0. The fourth-order valence-electron chi connectivity index (χ4n) is 3.38. The minimum Gasteiger partial charge on any atom is -0.593 e. The van der Waals surface area contributed by atoms with E-state index in [9.17, 15) is 27.3 Å². The first kappa shape index (κ1) is 25.8. The van der Waals surface area contributed by atoms with Crippen LogP contribution >= 0.6 is 0 Å². The number of carbonyl (C=O) groups is 2. The Labute approximate surface area is 189 Å². The molecular formula is C23H27F3N2O3S. The topological polar surface area (TPSA) is 81.3 Å². The lowest BCUT2D eigenvalue weighted by molar-refractivity contribution is -0.180. The zero-order valence-electron chi connectivity index (χ0n) is 18.3. The van der Waals surface area contributed by atoms with Crippen molar-refractivity contribution in [3.05, 3.63) is 41.0 Å². The summed E-state index contributed by atoms with van der Waals surface area (Å²) in [5, 5.41) is 1.93. The number of rotatable bonds is 7. The van der Waals surface area contributed by atoms with Gasteiger partial charge in [-0.1, -0.05) is 61.9 Å². The van der Waals surface area contributed by atoms with Crippen molar-refractivity contribution in [3.63, 3.8) is 0 Å². The molecule has 5 nitrogen and oxygen atoms in total. The van der Waals surface area contributed by atoms with E-state index in [2.05, 4.69) is 16.6 Å². The van der Waals surface area contributed by atoms with Crippen molar-refractivity contribution in [1.82, 2.24) is 10.0 Å². The van der Waals surface area contributed by atoms with Crippen LogP contribution in [0.5, 0.6) is 0 Å². The summed E-state index contributed by atoms with van der Waals surface area (Å²) in [5.74, 6) is 2.64. The van der Waals surface area contributed by atoms with Gasteiger partial charge in [0.25, 0.3) is 11.8 Å². The van der Waals surface area contributed by atoms with Crippen LogP contribution in [-0.4, -0.2) is 34.3 Å². The fraction of sp³-hybridized carbons (Fsp3) is 0.478. The number of nitrogens with one attached hydrogen (secondary N) is 2. The number of alkyl halides is 3. The van der Waals surface area contributed by atoms with Gasteiger partial charge in [-0.15, -0.1) is 5.92 Å². The molecule has 9 heteroatoms. The standard InChI is InChI=1S/C23H27F3N2O3S/c1-4-5-6-7-8-9-14-22(23(24,25)26)15-18(17-12-10-16(2)11-13-17)19(20(29)27-22)21(30)28-32(3)31/h10-13H,4-8,15H2,1-3H3,(H,27,29)(H,28,30). The van der Waals surface area contributed by atoms with Gasteiger partial charge >= 0.3 is 6.18 Å². The largest absolute Gasteiger partial charge is 0.593 e. The van der Waals surface area contributed by atoms with Crippen LogP contribution in [0.3, 0.4) is 0 Å². The van der Waals surface area contributed by atoms with Crippen molar-refractivity contribution in [3.8, 4) is 11.8 Å². The van der Waals surface area contributed by atoms with Crippen LogP contribution in [0.15, 0.2) is 29.8 Å². The maximum atomic E-state index is 14.2. The second-order valence-electron chi connectivity index (χ2n) is 7.75. The zero-order chi connectivity index (χ0) is 23.9. The van der Waals surface area contributed by atoms with E-state index in [0.29, 0.717) is 12.0 Å². The molecule has 32 heavy (non-hydrogen) atoms. The SMILES string of the molecule is CCCCCCC#CC1(C(F)(F)F)CC(c2ccc(C)cc2)=C(C(=O)N[S+](C)[O-])C(=O)N1. The van der Waals surface area contributed by atoms with Gasteiger partial charge in [0.2, 0.25) is 5.54 Å². The van der Waals surface area contributed by atoms with Gasteiger partial charge in [-0.2, -0.15) is 17.9 Å². The summed E-state index contributed by atoms with van der Waals surface area (Å²) >= 11 is -1.80. The average molecular weight is 469 g/mol. The Hall–Kier alpha value is -2.44. The molecule has 2 amide bonds. The molecule has 0 saturated carbocycles. The Balaban J connectivity index is 2.54. The first-order valence-corrected chi connectivity index (χ1v) is 11.9. The highest BCUT2D eigenvalue weighted by atomic mass is 32.2. The zero-order valence-corrected chi connectivity index (χ0v) is 19.1. The Bertz CT molecular complexity index is 931. The first-order valence-electron chi connectivity index (χ1n) is 10.3. The van der Waals surface area contributed by atoms with Crippen molar-refractivity contribution < 1.29 is 27.3 Å². The second kappa shape index (κ2) is 10.9. The van der Waals surface area contributed by atoms with Gasteiger partial charge in [-0.05, 0) is 24.5 Å². The van der Waals surface area contributed by atoms with Gasteiger partial charge < -0.3 is 9.87 Å². The molecule has 1 aromatic carbocycles. The molecule has 174 valence electrons. The van der Waals surface area contributed by atoms with Crippen LogP contribution in [0.1, 0.15) is 56.6 Å². The molecule has 1 heterocycles. The number of hydrogen-bond acceptors (Lipinski definition) is 3. The van der Waals surface area contributed by atoms with Gasteiger partial charge in [-0.3, -0.25) is 9.59 Å². The fourth-order valence-corrected chi connectivity index (χ4v) is 3.75. The minimum atomic E-state index is -4.87. The summed E-state index contributed by atoms with van der Waals surface area (Å²) in [5.41, 5.74) is -2.23. The van der Waals surface area contributed by atoms with E-state index in [-0.39, 0.29) is 12.0 Å². The third-order valence-corrected chi connectivity index (χ3v) is 5.58. The Morgan fingerprint density at radius 3 is 2.47 bits per heavy atom. The van der Waals surface area contributed by atoms with Crippen molar-refractivity contribution in [1.29, 1.82) is 0 Å². The number of hydrogen-bond donors (Lipinski definition) is 2. The Kier molecular flexibility index (Phi) is 8.81. The van der Waals surface area contributed by atoms with Crippen LogP contribution < -0.4 is 10.0 Å². The van der Waals surface area contributed by atoms with Crippen LogP contribution in [-0.2, 0) is 21.0 Å². The molecule has 0 aromatic heterocycles. The Morgan fingerprint density at radius 1 is 1.25 bits per heavy atom. The monoisotopic (exact) mass is 468 g/mol. The average Bonchev–Trinajstić information content (AvgIpc) is 2.69. The minimum absolute atomic E-state index is 0.0886. The van der Waals surface area contributed by atoms with E-state index in [1.807, 2.05) is 19.2 Å². The maximum absolute atomic E-state index is 14.2. The van der Waals surface area contributed by atoms with Gasteiger partial charge in [0.05, 0.1) is 11.4 Å². The molecule has 0 saturated heterocycles. The van der Waals surface area contributed by atoms with Gasteiger partial charge in [0.15, 0.2) is 0 Å². The van der Waals surface area contributed by atoms with E-state index in [1.54, 1.807) is 24.3 Å². The summed E-state index contributed by atoms with van der Waals surface area (Å²) in [6.07, 6.45) is -0.636. The highest BCUT2D eigenvalue weighted by molar-refractivity contribution is 7.89. The van der Waals surface area contributed by atoms with E-state index in [0.717, 1.165) is 24.8 Å². The summed E-state index contributed by atoms with van der Waals surface area (Å²) < 4.78 is 56.1. The van der Waals surface area contributed by atoms with Crippen molar-refractivity contribution in [2.75, 3.05) is 6.26 Å². The summed E-state index contributed by atoms with van der Waals surface area (Å²) in [6, 6.07) is 6.46. The summed E-state index contributed by atoms with van der Waals surface area (Å²) in [4.78, 5) is 25.4. The van der Waals surface area contributed by atoms with Gasteiger partial charge in [-0.25, -0.2) is 0 Å². The van der Waals surface area contributed by atoms with E-state index in [1.165, 1.54) is 6.26 Å². The molecule has 2 atom stereocenters. The van der Waals surface area contributed by atoms with E-state index >= 15 is 0 Å². The third-order valence-electron chi connectivity index (χ3n) is 5.10. The van der Waals surface area contributed by atoms with E-state index in [4.69, 9.17) is 0 Å². The molecule has 0 radical (unpaired) electrons. The predicted octanol–water partition coefficient (Wildman–Crippen LogP) is 3.95. The van der Waals surface area contributed by atoms with Crippen LogP contribution in [0.25, 0.3) is 5.57 Å². The molecule has 0 fully saturated rings. The van der Waals surface area contributed by atoms with Crippen LogP contribution in [0.4, 0.5) is 13.2 Å². The number of carbonyl (C=O) groups excluding carboxylic acids is 2. The molecule has 2 rings (SSSR count). The lowest BCUT2D eigenvalue weighted by Gasteiger charge is -2.37. The smallest absolute Gasteiger partial charge is 0.423 e. The van der Waals surface area contributed by atoms with Crippen molar-refractivity contribution in [2.45, 2.75) is 64.1 Å². The van der Waals surface area contributed by atoms with Crippen molar-refractivity contribution >= 4 is 28.7 Å². The van der Waals surface area contributed by atoms with Crippen LogP contribution in [0.2, 0.25) is 0 Å². The van der Waals surface area contributed by atoms with Gasteiger partial charge in [0, 0.05) is 12.8 Å². The van der Waals surface area contributed by atoms with E-state index < -0.39 is 46.9 Å². The van der Waals surface area contributed by atoms with Crippen molar-refractivity contribution in [2.24, 2.45) is 0 Å². The molecular weight excluding hydrogens is 441 g/mol. The lowest BCUT2D eigenvalue weighted by atomic mass is 9.80. The highest BCUT2D eigenvalue weighted by Gasteiger charge is 2.58. The number of unbranched alkanes of at least 4 members (excludes halogenated alkanes) is 4. The highest BCUT2D eigenvalue weighted by Crippen LogP contribution is 2.42. The number of benzene rings is 1. The third kappa shape index (κ3) is 6.30. The normalized spacial score (nSPS) is 19.7. The summed E-state index contributed by atoms with van der Waals surface area (Å²) in [6.45, 7) is 3.84. The molecule has 1 aliphatic heterocycles. The maximum Gasteiger partial charge on any atom is 0.423 e. The van der Waals surface area contributed by atoms with Gasteiger partial charge in [0.1, 0.15) is 11.8 Å². The molecule has 0 spiro atoms.